The Morgan fingerprint density at radius 3 is 2.40 bits per heavy atom. The molecule has 0 N–H and O–H groups in total. The van der Waals surface area contributed by atoms with Crippen LogP contribution in [0, 0.1) is 11.8 Å². The van der Waals surface area contributed by atoms with E-state index >= 15 is 0 Å². The summed E-state index contributed by atoms with van der Waals surface area (Å²) in [5.74, 6) is 1.63. The molecule has 1 heterocycles. The minimum Gasteiger partial charge on any atom is -0.546 e. The Balaban J connectivity index is 1.77. The highest BCUT2D eigenvalue weighted by atomic mass is 28.4. The third-order valence-electron chi connectivity index (χ3n) is 5.43. The second kappa shape index (κ2) is 4.11. The number of hydrogen-bond donors (Lipinski definition) is 0. The molecule has 2 bridgehead atoms. The van der Waals surface area contributed by atoms with Crippen molar-refractivity contribution < 1.29 is 13.9 Å². The minimum atomic E-state index is -1.75. The van der Waals surface area contributed by atoms with Gasteiger partial charge in [-0.15, -0.1) is 0 Å². The molecular formula is C16H28O3Si. The first-order chi connectivity index (χ1) is 9.00. The lowest BCUT2D eigenvalue weighted by Crippen LogP contribution is -2.42. The fourth-order valence-electron chi connectivity index (χ4n) is 3.35. The summed E-state index contributed by atoms with van der Waals surface area (Å²) in [5, 5.41) is 0.237. The van der Waals surface area contributed by atoms with Crippen molar-refractivity contribution in [1.82, 2.24) is 0 Å². The standard InChI is InChI=1S/C16H28O3Si/c1-15(2,3)20(6,7)19-12-9-10-8-11(12)14-13(10)17-16(4,5)18-14/h9-11,13-14H,8H2,1-7H3. The van der Waals surface area contributed by atoms with Gasteiger partial charge in [0, 0.05) is 11.8 Å². The van der Waals surface area contributed by atoms with Crippen LogP contribution in [0.2, 0.25) is 18.1 Å². The number of fused-ring (bicyclic) bond motifs is 5. The first-order valence-electron chi connectivity index (χ1n) is 7.77. The van der Waals surface area contributed by atoms with Gasteiger partial charge < -0.3 is 13.9 Å². The molecule has 2 aliphatic carbocycles. The Morgan fingerprint density at radius 2 is 1.80 bits per heavy atom. The van der Waals surface area contributed by atoms with Gasteiger partial charge in [0.25, 0.3) is 0 Å². The van der Waals surface area contributed by atoms with E-state index in [9.17, 15) is 0 Å². The van der Waals surface area contributed by atoms with Gasteiger partial charge in [-0.3, -0.25) is 0 Å². The van der Waals surface area contributed by atoms with Gasteiger partial charge in [-0.05, 0) is 44.5 Å². The second-order valence-corrected chi connectivity index (χ2v) is 13.2. The van der Waals surface area contributed by atoms with Gasteiger partial charge in [-0.2, -0.15) is 0 Å². The minimum absolute atomic E-state index is 0.194. The van der Waals surface area contributed by atoms with Crippen molar-refractivity contribution in [1.29, 1.82) is 0 Å². The van der Waals surface area contributed by atoms with Crippen molar-refractivity contribution in [2.75, 3.05) is 0 Å². The third-order valence-corrected chi connectivity index (χ3v) is 9.79. The highest BCUT2D eigenvalue weighted by Gasteiger charge is 2.58. The van der Waals surface area contributed by atoms with Gasteiger partial charge in [-0.25, -0.2) is 0 Å². The Labute approximate surface area is 123 Å². The van der Waals surface area contributed by atoms with Crippen LogP contribution in [0.15, 0.2) is 11.8 Å². The summed E-state index contributed by atoms with van der Waals surface area (Å²) in [6.45, 7) is 15.5. The van der Waals surface area contributed by atoms with E-state index in [-0.39, 0.29) is 17.2 Å². The van der Waals surface area contributed by atoms with Crippen LogP contribution in [0.3, 0.4) is 0 Å². The summed E-state index contributed by atoms with van der Waals surface area (Å²) in [7, 11) is -1.75. The zero-order valence-electron chi connectivity index (χ0n) is 13.8. The smallest absolute Gasteiger partial charge is 0.250 e. The van der Waals surface area contributed by atoms with E-state index in [1.807, 2.05) is 13.8 Å². The molecule has 2 fully saturated rings. The normalized spacial score (nSPS) is 38.9. The molecule has 0 spiro atoms. The highest BCUT2D eigenvalue weighted by molar-refractivity contribution is 6.74. The van der Waals surface area contributed by atoms with Crippen LogP contribution < -0.4 is 0 Å². The summed E-state index contributed by atoms with van der Waals surface area (Å²) in [6, 6.07) is 0. The molecule has 20 heavy (non-hydrogen) atoms. The zero-order chi connectivity index (χ0) is 14.9. The summed E-state index contributed by atoms with van der Waals surface area (Å²) in [6.07, 6.45) is 3.88. The maximum Gasteiger partial charge on any atom is 0.250 e. The Kier molecular flexibility index (Phi) is 3.00. The molecule has 4 unspecified atom stereocenters. The van der Waals surface area contributed by atoms with Gasteiger partial charge in [0.2, 0.25) is 8.32 Å². The fraction of sp³-hybridized carbons (Fsp3) is 0.875. The van der Waals surface area contributed by atoms with Crippen molar-refractivity contribution in [3.05, 3.63) is 11.8 Å². The molecule has 114 valence electrons. The first-order valence-corrected chi connectivity index (χ1v) is 10.7. The highest BCUT2D eigenvalue weighted by Crippen LogP contribution is 2.54. The molecule has 4 atom stereocenters. The first kappa shape index (κ1) is 14.6. The van der Waals surface area contributed by atoms with Crippen LogP contribution in [-0.4, -0.2) is 26.3 Å². The SMILES string of the molecule is CC1(C)OC2C3C=C(O[Si](C)(C)C(C)(C)C)C(C3)C2O1. The van der Waals surface area contributed by atoms with Gasteiger partial charge >= 0.3 is 0 Å². The van der Waals surface area contributed by atoms with E-state index in [1.165, 1.54) is 5.76 Å². The van der Waals surface area contributed by atoms with Crippen molar-refractivity contribution in [2.45, 2.75) is 77.2 Å². The average Bonchev–Trinajstić information content (AvgIpc) is 2.83. The van der Waals surface area contributed by atoms with Gasteiger partial charge in [0.05, 0.1) is 18.0 Å². The monoisotopic (exact) mass is 296 g/mol. The van der Waals surface area contributed by atoms with Gasteiger partial charge in [0.1, 0.15) is 0 Å². The average molecular weight is 296 g/mol. The molecule has 3 aliphatic rings. The molecule has 3 rings (SSSR count). The maximum atomic E-state index is 6.54. The molecule has 0 aromatic carbocycles. The predicted molar refractivity (Wildman–Crippen MR) is 81.8 cm³/mol. The molecule has 1 saturated carbocycles. The van der Waals surface area contributed by atoms with E-state index in [4.69, 9.17) is 13.9 Å². The molecule has 1 aliphatic heterocycles. The summed E-state index contributed by atoms with van der Waals surface area (Å²) in [4.78, 5) is 0. The molecule has 4 heteroatoms. The van der Waals surface area contributed by atoms with Crippen LogP contribution in [0.25, 0.3) is 0 Å². The van der Waals surface area contributed by atoms with Gasteiger partial charge in [-0.1, -0.05) is 20.8 Å². The van der Waals surface area contributed by atoms with E-state index in [0.717, 1.165) is 6.42 Å². The van der Waals surface area contributed by atoms with Crippen LogP contribution in [0.5, 0.6) is 0 Å². The quantitative estimate of drug-likeness (QED) is 0.719. The van der Waals surface area contributed by atoms with E-state index in [1.54, 1.807) is 0 Å². The third kappa shape index (κ3) is 2.16. The number of hydrogen-bond acceptors (Lipinski definition) is 3. The second-order valence-electron chi connectivity index (χ2n) is 8.50. The van der Waals surface area contributed by atoms with E-state index in [2.05, 4.69) is 39.9 Å². The lowest BCUT2D eigenvalue weighted by atomic mass is 10.0. The zero-order valence-corrected chi connectivity index (χ0v) is 14.8. The summed E-state index contributed by atoms with van der Waals surface area (Å²) in [5.41, 5.74) is 0. The Morgan fingerprint density at radius 1 is 1.20 bits per heavy atom. The molecular weight excluding hydrogens is 268 g/mol. The van der Waals surface area contributed by atoms with Crippen LogP contribution in [0.1, 0.15) is 41.0 Å². The van der Waals surface area contributed by atoms with Crippen LogP contribution >= 0.6 is 0 Å². The topological polar surface area (TPSA) is 27.7 Å². The van der Waals surface area contributed by atoms with Gasteiger partial charge in [0.15, 0.2) is 5.79 Å². The molecule has 0 aromatic rings. The molecule has 0 radical (unpaired) electrons. The lowest BCUT2D eigenvalue weighted by molar-refractivity contribution is -0.157. The molecule has 0 amide bonds. The van der Waals surface area contributed by atoms with Crippen LogP contribution in [-0.2, 0) is 13.9 Å². The summed E-state index contributed by atoms with van der Waals surface area (Å²) >= 11 is 0. The summed E-state index contributed by atoms with van der Waals surface area (Å²) < 4.78 is 18.7. The fourth-order valence-corrected chi connectivity index (χ4v) is 4.47. The molecule has 1 saturated heterocycles. The maximum absolute atomic E-state index is 6.54. The lowest BCUT2D eigenvalue weighted by Gasteiger charge is -2.39. The Bertz CT molecular complexity index is 447. The largest absolute Gasteiger partial charge is 0.546 e. The van der Waals surface area contributed by atoms with Crippen molar-refractivity contribution in [3.63, 3.8) is 0 Å². The predicted octanol–water partition coefficient (Wildman–Crippen LogP) is 4.06. The Hall–Kier alpha value is -0.323. The molecule has 3 nitrogen and oxygen atoms in total. The molecule has 0 aromatic heterocycles. The van der Waals surface area contributed by atoms with Crippen molar-refractivity contribution in [3.8, 4) is 0 Å². The van der Waals surface area contributed by atoms with Crippen molar-refractivity contribution in [2.24, 2.45) is 11.8 Å². The van der Waals surface area contributed by atoms with Crippen molar-refractivity contribution >= 4 is 8.32 Å². The van der Waals surface area contributed by atoms with E-state index < -0.39 is 14.1 Å². The number of rotatable bonds is 2. The number of ether oxygens (including phenoxy) is 2. The van der Waals surface area contributed by atoms with E-state index in [0.29, 0.717) is 11.8 Å². The van der Waals surface area contributed by atoms with Crippen LogP contribution in [0.4, 0.5) is 0 Å².